The molecule has 0 amide bonds. The minimum absolute atomic E-state index is 0.0661. The van der Waals surface area contributed by atoms with E-state index in [1.165, 1.54) is 6.07 Å². The second-order valence-electron chi connectivity index (χ2n) is 5.99. The number of hydrogen-bond acceptors (Lipinski definition) is 5. The van der Waals surface area contributed by atoms with Crippen molar-refractivity contribution in [3.8, 4) is 0 Å². The molecule has 0 saturated heterocycles. The number of hydrogen-bond donors (Lipinski definition) is 2. The van der Waals surface area contributed by atoms with Gasteiger partial charge in [-0.15, -0.1) is 0 Å². The lowest BCUT2D eigenvalue weighted by Crippen LogP contribution is -2.43. The highest BCUT2D eigenvalue weighted by Gasteiger charge is 2.39. The van der Waals surface area contributed by atoms with Crippen molar-refractivity contribution < 1.29 is 18.4 Å². The van der Waals surface area contributed by atoms with Gasteiger partial charge in [-0.1, -0.05) is 24.1 Å². The predicted molar refractivity (Wildman–Crippen MR) is 78.5 cm³/mol. The van der Waals surface area contributed by atoms with Crippen LogP contribution in [0.25, 0.3) is 0 Å². The molecule has 2 N–H and O–H groups in total. The van der Waals surface area contributed by atoms with Crippen LogP contribution >= 0.6 is 0 Å². The van der Waals surface area contributed by atoms with Crippen LogP contribution in [-0.4, -0.2) is 21.8 Å². The number of aromatic nitrogens is 2. The molecule has 124 valence electrons. The largest absolute Gasteiger partial charge is 0.387 e. The van der Waals surface area contributed by atoms with E-state index in [4.69, 9.17) is 4.52 Å². The van der Waals surface area contributed by atoms with Gasteiger partial charge in [0.1, 0.15) is 11.6 Å². The zero-order valence-corrected chi connectivity index (χ0v) is 12.9. The summed E-state index contributed by atoms with van der Waals surface area (Å²) in [5, 5.41) is 17.5. The van der Waals surface area contributed by atoms with Gasteiger partial charge in [-0.3, -0.25) is 0 Å². The van der Waals surface area contributed by atoms with Gasteiger partial charge < -0.3 is 14.9 Å². The summed E-state index contributed by atoms with van der Waals surface area (Å²) in [6, 6.07) is 3.17. The first-order valence-corrected chi connectivity index (χ1v) is 7.69. The molecule has 1 aliphatic rings. The van der Waals surface area contributed by atoms with E-state index in [0.717, 1.165) is 37.8 Å². The van der Waals surface area contributed by atoms with Crippen molar-refractivity contribution in [1.29, 1.82) is 0 Å². The van der Waals surface area contributed by atoms with Crippen LogP contribution in [0.15, 0.2) is 22.7 Å². The molecule has 0 aliphatic heterocycles. The molecular weight excluding hydrogens is 304 g/mol. The third-order valence-corrected chi connectivity index (χ3v) is 4.37. The van der Waals surface area contributed by atoms with Crippen molar-refractivity contribution in [1.82, 2.24) is 15.5 Å². The molecule has 1 atom stereocenters. The molecule has 0 radical (unpaired) electrons. The summed E-state index contributed by atoms with van der Waals surface area (Å²) in [5.41, 5.74) is -0.397. The van der Waals surface area contributed by atoms with Gasteiger partial charge in [0.05, 0.1) is 11.6 Å². The molecule has 0 bridgehead atoms. The number of rotatable bonds is 5. The Morgan fingerprint density at radius 1 is 1.35 bits per heavy atom. The van der Waals surface area contributed by atoms with Crippen LogP contribution in [0.2, 0.25) is 0 Å². The lowest BCUT2D eigenvalue weighted by Gasteiger charge is -2.28. The molecule has 2 aromatic rings. The summed E-state index contributed by atoms with van der Waals surface area (Å²) in [4.78, 5) is 4.30. The summed E-state index contributed by atoms with van der Waals surface area (Å²) in [7, 11) is 0. The van der Waals surface area contributed by atoms with Crippen LogP contribution in [-0.2, 0) is 5.54 Å². The van der Waals surface area contributed by atoms with E-state index < -0.39 is 23.3 Å². The molecule has 1 aromatic heterocycles. The first-order chi connectivity index (χ1) is 11.0. The molecule has 23 heavy (non-hydrogen) atoms. The number of aliphatic hydroxyl groups is 1. The predicted octanol–water partition coefficient (Wildman–Crippen LogP) is 2.75. The Morgan fingerprint density at radius 2 is 2.09 bits per heavy atom. The smallest absolute Gasteiger partial charge is 0.223 e. The average molecular weight is 323 g/mol. The average Bonchev–Trinajstić information content (AvgIpc) is 3.14. The number of aliphatic hydroxyl groups excluding tert-OH is 1. The first-order valence-electron chi connectivity index (χ1n) is 7.69. The number of nitrogens with one attached hydrogen (secondary N) is 1. The highest BCUT2D eigenvalue weighted by Crippen LogP contribution is 2.37. The quantitative estimate of drug-likeness (QED) is 0.885. The van der Waals surface area contributed by atoms with Crippen LogP contribution in [0.3, 0.4) is 0 Å². The van der Waals surface area contributed by atoms with E-state index in [9.17, 15) is 13.9 Å². The summed E-state index contributed by atoms with van der Waals surface area (Å²) in [6.45, 7) is 1.85. The SMILES string of the molecule is Cc1nc(C2(NCC(O)c3ccc(F)cc3F)CCCC2)no1. The molecule has 1 unspecified atom stereocenters. The topological polar surface area (TPSA) is 71.2 Å². The lowest BCUT2D eigenvalue weighted by atomic mass is 9.95. The van der Waals surface area contributed by atoms with Gasteiger partial charge in [0.25, 0.3) is 0 Å². The molecule has 3 rings (SSSR count). The second kappa shape index (κ2) is 6.33. The highest BCUT2D eigenvalue weighted by atomic mass is 19.1. The summed E-state index contributed by atoms with van der Waals surface area (Å²) < 4.78 is 31.8. The van der Waals surface area contributed by atoms with Crippen molar-refractivity contribution in [2.24, 2.45) is 0 Å². The fourth-order valence-electron chi connectivity index (χ4n) is 3.13. The summed E-state index contributed by atoms with van der Waals surface area (Å²) in [6.07, 6.45) is 2.60. The Balaban J connectivity index is 1.74. The Bertz CT molecular complexity index is 684. The summed E-state index contributed by atoms with van der Waals surface area (Å²) in [5.74, 6) is -0.367. The van der Waals surface area contributed by atoms with Crippen molar-refractivity contribution in [3.05, 3.63) is 47.1 Å². The van der Waals surface area contributed by atoms with E-state index in [1.54, 1.807) is 6.92 Å². The first kappa shape index (κ1) is 16.0. The van der Waals surface area contributed by atoms with Crippen LogP contribution in [0, 0.1) is 18.6 Å². The standard InChI is InChI=1S/C16H19F2N3O2/c1-10-20-15(21-23-10)16(6-2-3-7-16)19-9-14(22)12-5-4-11(17)8-13(12)18/h4-5,8,14,19,22H,2-3,6-7,9H2,1H3. The van der Waals surface area contributed by atoms with Crippen LogP contribution < -0.4 is 5.32 Å². The Kier molecular flexibility index (Phi) is 4.41. The van der Waals surface area contributed by atoms with Gasteiger partial charge in [-0.05, 0) is 18.9 Å². The maximum Gasteiger partial charge on any atom is 0.223 e. The number of benzene rings is 1. The van der Waals surface area contributed by atoms with E-state index in [2.05, 4.69) is 15.5 Å². The monoisotopic (exact) mass is 323 g/mol. The fraction of sp³-hybridized carbons (Fsp3) is 0.500. The number of halogens is 2. The van der Waals surface area contributed by atoms with E-state index in [0.29, 0.717) is 11.7 Å². The fourth-order valence-corrected chi connectivity index (χ4v) is 3.13. The lowest BCUT2D eigenvalue weighted by molar-refractivity contribution is 0.148. The van der Waals surface area contributed by atoms with E-state index >= 15 is 0 Å². The zero-order valence-electron chi connectivity index (χ0n) is 12.9. The van der Waals surface area contributed by atoms with E-state index in [1.807, 2.05) is 0 Å². The van der Waals surface area contributed by atoms with Crippen molar-refractivity contribution in [2.45, 2.75) is 44.2 Å². The molecular formula is C16H19F2N3O2. The van der Waals surface area contributed by atoms with Crippen LogP contribution in [0.4, 0.5) is 8.78 Å². The zero-order chi connectivity index (χ0) is 16.4. The maximum absolute atomic E-state index is 13.8. The normalized spacial score (nSPS) is 18.3. The van der Waals surface area contributed by atoms with Gasteiger partial charge in [-0.25, -0.2) is 8.78 Å². The highest BCUT2D eigenvalue weighted by molar-refractivity contribution is 5.21. The van der Waals surface area contributed by atoms with Crippen LogP contribution in [0.5, 0.6) is 0 Å². The van der Waals surface area contributed by atoms with Crippen LogP contribution in [0.1, 0.15) is 49.1 Å². The second-order valence-corrected chi connectivity index (χ2v) is 5.99. The van der Waals surface area contributed by atoms with Crippen molar-refractivity contribution >= 4 is 0 Å². The number of nitrogens with zero attached hydrogens (tertiary/aromatic N) is 2. The summed E-state index contributed by atoms with van der Waals surface area (Å²) >= 11 is 0. The molecule has 7 heteroatoms. The molecule has 1 fully saturated rings. The van der Waals surface area contributed by atoms with Crippen molar-refractivity contribution in [2.75, 3.05) is 6.54 Å². The molecule has 5 nitrogen and oxygen atoms in total. The van der Waals surface area contributed by atoms with E-state index in [-0.39, 0.29) is 12.1 Å². The Hall–Kier alpha value is -1.86. The van der Waals surface area contributed by atoms with Crippen molar-refractivity contribution in [3.63, 3.8) is 0 Å². The molecule has 1 aromatic carbocycles. The third-order valence-electron chi connectivity index (χ3n) is 4.37. The molecule has 1 saturated carbocycles. The molecule has 1 aliphatic carbocycles. The molecule has 0 spiro atoms. The van der Waals surface area contributed by atoms with Gasteiger partial charge in [0.15, 0.2) is 5.82 Å². The maximum atomic E-state index is 13.8. The minimum Gasteiger partial charge on any atom is -0.387 e. The Labute approximate surface area is 132 Å². The van der Waals surface area contributed by atoms with Gasteiger partial charge >= 0.3 is 0 Å². The van der Waals surface area contributed by atoms with Gasteiger partial charge in [-0.2, -0.15) is 4.98 Å². The molecule has 1 heterocycles. The Morgan fingerprint density at radius 3 is 2.70 bits per heavy atom. The number of aryl methyl sites for hydroxylation is 1. The third kappa shape index (κ3) is 3.25. The minimum atomic E-state index is -1.08. The van der Waals surface area contributed by atoms with Gasteiger partial charge in [0, 0.05) is 25.1 Å². The van der Waals surface area contributed by atoms with Gasteiger partial charge in [0.2, 0.25) is 5.89 Å².